The Kier molecular flexibility index (Phi) is 3.58. The first-order valence-corrected chi connectivity index (χ1v) is 6.39. The van der Waals surface area contributed by atoms with Crippen LogP contribution in [0.3, 0.4) is 0 Å². The molecule has 0 radical (unpaired) electrons. The monoisotopic (exact) mass is 249 g/mol. The van der Waals surface area contributed by atoms with Gasteiger partial charge in [0.05, 0.1) is 4.88 Å². The molecular formula is C12H15N3OS. The van der Waals surface area contributed by atoms with Gasteiger partial charge in [-0.25, -0.2) is 4.98 Å². The molecule has 0 bridgehead atoms. The van der Waals surface area contributed by atoms with Gasteiger partial charge in [0.25, 0.3) is 0 Å². The normalized spacial score (nSPS) is 10.5. The van der Waals surface area contributed by atoms with Crippen LogP contribution in [0, 0.1) is 0 Å². The summed E-state index contributed by atoms with van der Waals surface area (Å²) in [7, 11) is 1.81. The van der Waals surface area contributed by atoms with Gasteiger partial charge in [-0.2, -0.15) is 0 Å². The maximum Gasteiger partial charge on any atom is 0.242 e. The lowest BCUT2D eigenvalue weighted by Crippen LogP contribution is -2.29. The third kappa shape index (κ3) is 2.55. The molecule has 1 amide bonds. The van der Waals surface area contributed by atoms with E-state index in [1.54, 1.807) is 22.4 Å². The van der Waals surface area contributed by atoms with Crippen LogP contribution in [0.5, 0.6) is 0 Å². The van der Waals surface area contributed by atoms with Gasteiger partial charge >= 0.3 is 0 Å². The number of imidazole rings is 1. The van der Waals surface area contributed by atoms with E-state index < -0.39 is 0 Å². The van der Waals surface area contributed by atoms with Gasteiger partial charge in [-0.1, -0.05) is 6.07 Å². The Bertz CT molecular complexity index is 490. The maximum atomic E-state index is 11.8. The fourth-order valence-electron chi connectivity index (χ4n) is 1.51. The van der Waals surface area contributed by atoms with Gasteiger partial charge in [-0.05, 0) is 18.4 Å². The van der Waals surface area contributed by atoms with E-state index >= 15 is 0 Å². The molecule has 2 rings (SSSR count). The number of nitrogens with zero attached hydrogens (tertiary/aromatic N) is 3. The molecule has 0 aliphatic rings. The Balaban J connectivity index is 2.18. The molecule has 0 aliphatic carbocycles. The predicted octanol–water partition coefficient (Wildman–Crippen LogP) is 2.09. The van der Waals surface area contributed by atoms with E-state index in [-0.39, 0.29) is 5.91 Å². The fraction of sp³-hybridized carbons (Fsp3) is 0.333. The smallest absolute Gasteiger partial charge is 0.242 e. The van der Waals surface area contributed by atoms with Crippen LogP contribution in [0.1, 0.15) is 6.92 Å². The van der Waals surface area contributed by atoms with E-state index in [2.05, 4.69) is 4.98 Å². The molecule has 0 atom stereocenters. The zero-order valence-electron chi connectivity index (χ0n) is 9.96. The third-order valence-corrected chi connectivity index (χ3v) is 3.53. The molecular weight excluding hydrogens is 234 g/mol. The third-order valence-electron chi connectivity index (χ3n) is 2.66. The number of hydrogen-bond acceptors (Lipinski definition) is 3. The first kappa shape index (κ1) is 11.9. The number of hydrogen-bond donors (Lipinski definition) is 0. The molecule has 0 aliphatic heterocycles. The molecule has 0 saturated heterocycles. The van der Waals surface area contributed by atoms with E-state index in [1.807, 2.05) is 42.2 Å². The standard InChI is InChI=1S/C12H15N3OS/c1-3-14(2)11(16)9-15-7-6-13-12(15)10-5-4-8-17-10/h4-8H,3,9H2,1-2H3. The van der Waals surface area contributed by atoms with E-state index in [1.165, 1.54) is 0 Å². The van der Waals surface area contributed by atoms with Crippen LogP contribution in [-0.2, 0) is 11.3 Å². The van der Waals surface area contributed by atoms with Crippen molar-refractivity contribution in [1.82, 2.24) is 14.5 Å². The average molecular weight is 249 g/mol. The maximum absolute atomic E-state index is 11.8. The van der Waals surface area contributed by atoms with Crippen LogP contribution in [0.2, 0.25) is 0 Å². The SMILES string of the molecule is CCN(C)C(=O)Cn1ccnc1-c1cccs1. The first-order chi connectivity index (χ1) is 8.22. The molecule has 0 N–H and O–H groups in total. The summed E-state index contributed by atoms with van der Waals surface area (Å²) in [6, 6.07) is 4.00. The van der Waals surface area contributed by atoms with Crippen LogP contribution in [0.25, 0.3) is 10.7 Å². The summed E-state index contributed by atoms with van der Waals surface area (Å²) >= 11 is 1.63. The van der Waals surface area contributed by atoms with Crippen molar-refractivity contribution in [3.63, 3.8) is 0 Å². The van der Waals surface area contributed by atoms with Gasteiger partial charge in [0.15, 0.2) is 0 Å². The zero-order chi connectivity index (χ0) is 12.3. The summed E-state index contributed by atoms with van der Waals surface area (Å²) < 4.78 is 1.89. The van der Waals surface area contributed by atoms with Gasteiger partial charge in [-0.15, -0.1) is 11.3 Å². The zero-order valence-corrected chi connectivity index (χ0v) is 10.8. The molecule has 2 aromatic heterocycles. The van der Waals surface area contributed by atoms with Crippen LogP contribution >= 0.6 is 11.3 Å². The second-order valence-corrected chi connectivity index (χ2v) is 4.71. The second-order valence-electron chi connectivity index (χ2n) is 3.76. The highest BCUT2D eigenvalue weighted by atomic mass is 32.1. The highest BCUT2D eigenvalue weighted by Crippen LogP contribution is 2.22. The van der Waals surface area contributed by atoms with Crippen molar-refractivity contribution in [2.24, 2.45) is 0 Å². The molecule has 0 unspecified atom stereocenters. The minimum atomic E-state index is 0.100. The molecule has 90 valence electrons. The van der Waals surface area contributed by atoms with E-state index in [9.17, 15) is 4.79 Å². The largest absolute Gasteiger partial charge is 0.344 e. The Morgan fingerprint density at radius 3 is 3.06 bits per heavy atom. The van der Waals surface area contributed by atoms with E-state index in [4.69, 9.17) is 0 Å². The quantitative estimate of drug-likeness (QED) is 0.832. The fourth-order valence-corrected chi connectivity index (χ4v) is 2.25. The lowest BCUT2D eigenvalue weighted by molar-refractivity contribution is -0.130. The highest BCUT2D eigenvalue weighted by molar-refractivity contribution is 7.13. The van der Waals surface area contributed by atoms with Crippen molar-refractivity contribution in [3.05, 3.63) is 29.9 Å². The van der Waals surface area contributed by atoms with Crippen molar-refractivity contribution >= 4 is 17.2 Å². The van der Waals surface area contributed by atoms with Gasteiger partial charge < -0.3 is 9.47 Å². The van der Waals surface area contributed by atoms with Crippen molar-refractivity contribution in [3.8, 4) is 10.7 Å². The molecule has 0 spiro atoms. The first-order valence-electron chi connectivity index (χ1n) is 5.51. The topological polar surface area (TPSA) is 38.1 Å². The minimum absolute atomic E-state index is 0.100. The van der Waals surface area contributed by atoms with Gasteiger partial charge in [0.1, 0.15) is 12.4 Å². The number of rotatable bonds is 4. The number of amides is 1. The number of carbonyl (C=O) groups is 1. The Morgan fingerprint density at radius 1 is 1.59 bits per heavy atom. The predicted molar refractivity (Wildman–Crippen MR) is 68.9 cm³/mol. The lowest BCUT2D eigenvalue weighted by atomic mass is 10.4. The Hall–Kier alpha value is -1.62. The van der Waals surface area contributed by atoms with E-state index in [0.717, 1.165) is 17.2 Å². The van der Waals surface area contributed by atoms with Gasteiger partial charge in [-0.3, -0.25) is 4.79 Å². The summed E-state index contributed by atoms with van der Waals surface area (Å²) in [5.74, 6) is 0.959. The number of likely N-dealkylation sites (N-methyl/N-ethyl adjacent to an activating group) is 1. The Labute approximate surface area is 105 Å². The van der Waals surface area contributed by atoms with E-state index in [0.29, 0.717) is 6.54 Å². The summed E-state index contributed by atoms with van der Waals surface area (Å²) in [4.78, 5) is 18.9. The summed E-state index contributed by atoms with van der Waals surface area (Å²) in [6.07, 6.45) is 3.57. The van der Waals surface area contributed by atoms with Crippen molar-refractivity contribution in [2.45, 2.75) is 13.5 Å². The molecule has 5 heteroatoms. The van der Waals surface area contributed by atoms with Crippen molar-refractivity contribution in [2.75, 3.05) is 13.6 Å². The van der Waals surface area contributed by atoms with Crippen LogP contribution in [0.15, 0.2) is 29.9 Å². The molecule has 4 nitrogen and oxygen atoms in total. The lowest BCUT2D eigenvalue weighted by Gasteiger charge is -2.15. The second kappa shape index (κ2) is 5.14. The Morgan fingerprint density at radius 2 is 2.41 bits per heavy atom. The molecule has 17 heavy (non-hydrogen) atoms. The number of carbonyl (C=O) groups excluding carboxylic acids is 1. The molecule has 2 aromatic rings. The van der Waals surface area contributed by atoms with Crippen LogP contribution in [0.4, 0.5) is 0 Å². The summed E-state index contributed by atoms with van der Waals surface area (Å²) in [5, 5.41) is 2.01. The minimum Gasteiger partial charge on any atom is -0.344 e. The van der Waals surface area contributed by atoms with Gasteiger partial charge in [0, 0.05) is 26.0 Å². The van der Waals surface area contributed by atoms with Crippen LogP contribution in [-0.4, -0.2) is 34.0 Å². The van der Waals surface area contributed by atoms with Gasteiger partial charge in [0.2, 0.25) is 5.91 Å². The number of thiophene rings is 1. The highest BCUT2D eigenvalue weighted by Gasteiger charge is 2.12. The molecule has 0 fully saturated rings. The molecule has 0 saturated carbocycles. The summed E-state index contributed by atoms with van der Waals surface area (Å²) in [6.45, 7) is 3.03. The average Bonchev–Trinajstić information content (AvgIpc) is 2.97. The summed E-state index contributed by atoms with van der Waals surface area (Å²) in [5.41, 5.74) is 0. The molecule has 0 aromatic carbocycles. The molecule has 2 heterocycles. The van der Waals surface area contributed by atoms with Crippen molar-refractivity contribution < 1.29 is 4.79 Å². The van der Waals surface area contributed by atoms with Crippen molar-refractivity contribution in [1.29, 1.82) is 0 Å². The van der Waals surface area contributed by atoms with Crippen LogP contribution < -0.4 is 0 Å². The number of aromatic nitrogens is 2.